The predicted octanol–water partition coefficient (Wildman–Crippen LogP) is 5.23. The zero-order valence-electron chi connectivity index (χ0n) is 18.2. The number of aromatic hydroxyl groups is 1. The maximum atomic E-state index is 11.3. The molecule has 1 saturated heterocycles. The van der Waals surface area contributed by atoms with E-state index in [9.17, 15) is 15.0 Å². The van der Waals surface area contributed by atoms with Crippen LogP contribution in [0.1, 0.15) is 39.5 Å². The molecule has 1 aliphatic rings. The lowest BCUT2D eigenvalue weighted by Crippen LogP contribution is -2.29. The van der Waals surface area contributed by atoms with Gasteiger partial charge in [-0.25, -0.2) is 4.79 Å². The number of furan rings is 1. The van der Waals surface area contributed by atoms with Gasteiger partial charge in [0, 0.05) is 17.4 Å². The minimum atomic E-state index is -0.969. The second-order valence-corrected chi connectivity index (χ2v) is 8.44. The predicted molar refractivity (Wildman–Crippen MR) is 132 cm³/mol. The first-order chi connectivity index (χ1) is 16.4. The zero-order chi connectivity index (χ0) is 23.8. The third-order valence-electron chi connectivity index (χ3n) is 5.88. The van der Waals surface area contributed by atoms with Crippen molar-refractivity contribution >= 4 is 29.0 Å². The Morgan fingerprint density at radius 1 is 1.09 bits per heavy atom. The number of phenols is 1. The van der Waals surface area contributed by atoms with Crippen LogP contribution in [0.5, 0.6) is 5.75 Å². The number of aryl methyl sites for hydroxylation is 1. The van der Waals surface area contributed by atoms with Crippen LogP contribution in [-0.2, 0) is 0 Å². The lowest BCUT2D eigenvalue weighted by molar-refractivity contribution is 0.0696. The van der Waals surface area contributed by atoms with Gasteiger partial charge in [0.05, 0.1) is 17.3 Å². The number of hydrogen-bond donors (Lipinski definition) is 3. The number of thiocarbonyl (C=S) groups is 1. The van der Waals surface area contributed by atoms with Gasteiger partial charge in [-0.1, -0.05) is 12.1 Å². The molecule has 5 rings (SSSR count). The van der Waals surface area contributed by atoms with Gasteiger partial charge >= 0.3 is 5.97 Å². The molecule has 1 fully saturated rings. The highest BCUT2D eigenvalue weighted by Gasteiger charge is 2.42. The average molecular weight is 472 g/mol. The van der Waals surface area contributed by atoms with Crippen LogP contribution < -0.4 is 10.2 Å². The summed E-state index contributed by atoms with van der Waals surface area (Å²) in [6, 6.07) is 20.7. The molecule has 0 aliphatic carbocycles. The van der Waals surface area contributed by atoms with Crippen molar-refractivity contribution in [2.45, 2.75) is 19.0 Å². The molecule has 4 aromatic rings. The summed E-state index contributed by atoms with van der Waals surface area (Å²) in [4.78, 5) is 17.8. The maximum Gasteiger partial charge on any atom is 0.335 e. The quantitative estimate of drug-likeness (QED) is 0.340. The fourth-order valence-corrected chi connectivity index (χ4v) is 4.61. The summed E-state index contributed by atoms with van der Waals surface area (Å²) < 4.78 is 6.34. The van der Waals surface area contributed by atoms with E-state index < -0.39 is 5.97 Å². The van der Waals surface area contributed by atoms with Gasteiger partial charge in [0.25, 0.3) is 0 Å². The summed E-state index contributed by atoms with van der Waals surface area (Å²) in [6.45, 7) is 1.86. The fourth-order valence-electron chi connectivity index (χ4n) is 4.26. The number of benzene rings is 2. The summed E-state index contributed by atoms with van der Waals surface area (Å²) in [5.74, 6) is 0.503. The van der Waals surface area contributed by atoms with Gasteiger partial charge in [-0.15, -0.1) is 0 Å². The Labute approximate surface area is 201 Å². The number of carbonyl (C=O) groups is 1. The molecule has 0 radical (unpaired) electrons. The lowest BCUT2D eigenvalue weighted by Gasteiger charge is -2.26. The van der Waals surface area contributed by atoms with Crippen LogP contribution in [0.3, 0.4) is 0 Å². The Balaban J connectivity index is 1.58. The van der Waals surface area contributed by atoms with Crippen molar-refractivity contribution in [1.82, 2.24) is 10.3 Å². The molecular formula is C26H21N3O4S. The number of pyridine rings is 1. The Bertz CT molecular complexity index is 1370. The SMILES string of the molecule is Cc1cc(C(=O)O)ccc1-c1ccc([C@@H]2[C@H](c3ccccn3)NC(=S)N2c2ccc(O)cc2)o1. The Morgan fingerprint density at radius 3 is 2.56 bits per heavy atom. The van der Waals surface area contributed by atoms with Gasteiger partial charge in [0.2, 0.25) is 0 Å². The van der Waals surface area contributed by atoms with E-state index in [1.54, 1.807) is 48.7 Å². The molecule has 3 heterocycles. The van der Waals surface area contributed by atoms with Gasteiger partial charge in [0.1, 0.15) is 23.3 Å². The van der Waals surface area contributed by atoms with Gasteiger partial charge in [-0.3, -0.25) is 4.98 Å². The van der Waals surface area contributed by atoms with E-state index in [0.29, 0.717) is 16.6 Å². The van der Waals surface area contributed by atoms with Crippen molar-refractivity contribution in [2.75, 3.05) is 4.90 Å². The Kier molecular flexibility index (Phi) is 5.51. The standard InChI is InChI=1S/C26H21N3O4S/c1-15-14-16(25(31)32)5-10-19(15)21-11-12-22(33-21)24-23(20-4-2-3-13-27-20)28-26(34)29(24)17-6-8-18(30)9-7-17/h2-14,23-24,30H,1H3,(H,28,34)(H,31,32)/t23-,24+/m0/s1. The van der Waals surface area contributed by atoms with Crippen molar-refractivity contribution in [2.24, 2.45) is 0 Å². The number of nitrogens with one attached hydrogen (secondary N) is 1. The summed E-state index contributed by atoms with van der Waals surface area (Å²) in [5.41, 5.74) is 3.47. The number of aromatic nitrogens is 1. The summed E-state index contributed by atoms with van der Waals surface area (Å²) in [7, 11) is 0. The highest BCUT2D eigenvalue weighted by Crippen LogP contribution is 2.43. The molecule has 170 valence electrons. The van der Waals surface area contributed by atoms with Crippen LogP contribution in [0.4, 0.5) is 5.69 Å². The number of aromatic carboxylic acids is 1. The molecule has 2 atom stereocenters. The molecule has 1 aliphatic heterocycles. The number of rotatable bonds is 5. The molecule has 34 heavy (non-hydrogen) atoms. The number of nitrogens with zero attached hydrogens (tertiary/aromatic N) is 2. The van der Waals surface area contributed by atoms with Gasteiger partial charge < -0.3 is 24.8 Å². The van der Waals surface area contributed by atoms with Gasteiger partial charge in [-0.2, -0.15) is 0 Å². The lowest BCUT2D eigenvalue weighted by atomic mass is 10.0. The van der Waals surface area contributed by atoms with Crippen molar-refractivity contribution in [3.05, 3.63) is 102 Å². The number of hydrogen-bond acceptors (Lipinski definition) is 5. The van der Waals surface area contributed by atoms with Crippen molar-refractivity contribution < 1.29 is 19.4 Å². The van der Waals surface area contributed by atoms with Crippen LogP contribution in [0.2, 0.25) is 0 Å². The van der Waals surface area contributed by atoms with E-state index in [2.05, 4.69) is 10.3 Å². The normalized spacial score (nSPS) is 17.6. The van der Waals surface area contributed by atoms with Crippen molar-refractivity contribution in [3.8, 4) is 17.1 Å². The first kappa shape index (κ1) is 21.7. The molecule has 0 unspecified atom stereocenters. The van der Waals surface area contributed by atoms with Crippen LogP contribution in [0, 0.1) is 6.92 Å². The maximum absolute atomic E-state index is 11.3. The highest BCUT2D eigenvalue weighted by atomic mass is 32.1. The molecule has 0 bridgehead atoms. The largest absolute Gasteiger partial charge is 0.508 e. The smallest absolute Gasteiger partial charge is 0.335 e. The van der Waals surface area contributed by atoms with E-state index >= 15 is 0 Å². The first-order valence-electron chi connectivity index (χ1n) is 10.7. The molecule has 8 heteroatoms. The van der Waals surface area contributed by atoms with Crippen molar-refractivity contribution in [1.29, 1.82) is 0 Å². The van der Waals surface area contributed by atoms with Gasteiger partial charge in [0.15, 0.2) is 5.11 Å². The molecular weight excluding hydrogens is 450 g/mol. The molecule has 3 N–H and O–H groups in total. The monoisotopic (exact) mass is 471 g/mol. The zero-order valence-corrected chi connectivity index (χ0v) is 19.0. The topological polar surface area (TPSA) is 98.8 Å². The van der Waals surface area contributed by atoms with Crippen LogP contribution in [0.15, 0.2) is 83.4 Å². The number of anilines is 1. The fraction of sp³-hybridized carbons (Fsp3) is 0.115. The average Bonchev–Trinajstić information content (AvgIpc) is 3.44. The Morgan fingerprint density at radius 2 is 1.88 bits per heavy atom. The number of carboxylic acids is 1. The number of phenolic OH excluding ortho intramolecular Hbond substituents is 1. The van der Waals surface area contributed by atoms with Crippen LogP contribution >= 0.6 is 12.2 Å². The third kappa shape index (κ3) is 3.88. The van der Waals surface area contributed by atoms with E-state index in [1.807, 2.05) is 42.2 Å². The molecule has 0 amide bonds. The highest BCUT2D eigenvalue weighted by molar-refractivity contribution is 7.80. The molecule has 0 spiro atoms. The molecule has 2 aromatic heterocycles. The van der Waals surface area contributed by atoms with E-state index in [-0.39, 0.29) is 23.4 Å². The van der Waals surface area contributed by atoms with E-state index in [1.165, 1.54) is 0 Å². The first-order valence-corrected chi connectivity index (χ1v) is 11.1. The van der Waals surface area contributed by atoms with Crippen LogP contribution in [-0.4, -0.2) is 26.3 Å². The number of carboxylic acid groups (broad SMARTS) is 1. The van der Waals surface area contributed by atoms with Gasteiger partial charge in [-0.05, 0) is 85.4 Å². The van der Waals surface area contributed by atoms with E-state index in [0.717, 1.165) is 22.5 Å². The molecule has 2 aromatic carbocycles. The Hall–Kier alpha value is -4.17. The minimum absolute atomic E-state index is 0.167. The van der Waals surface area contributed by atoms with Crippen molar-refractivity contribution in [3.63, 3.8) is 0 Å². The van der Waals surface area contributed by atoms with E-state index in [4.69, 9.17) is 16.6 Å². The van der Waals surface area contributed by atoms with Crippen LogP contribution in [0.25, 0.3) is 11.3 Å². The molecule has 0 saturated carbocycles. The second kappa shape index (κ2) is 8.64. The third-order valence-corrected chi connectivity index (χ3v) is 6.20. The summed E-state index contributed by atoms with van der Waals surface area (Å²) in [5, 5.41) is 22.9. The molecule has 7 nitrogen and oxygen atoms in total. The summed E-state index contributed by atoms with van der Waals surface area (Å²) >= 11 is 5.70. The minimum Gasteiger partial charge on any atom is -0.508 e. The second-order valence-electron chi connectivity index (χ2n) is 8.05. The summed E-state index contributed by atoms with van der Waals surface area (Å²) in [6.07, 6.45) is 1.74.